The molecule has 0 aliphatic carbocycles. The molecule has 0 bridgehead atoms. The molecule has 6 nitrogen and oxygen atoms in total. The Kier molecular flexibility index (Phi) is 52.1. The van der Waals surface area contributed by atoms with Gasteiger partial charge >= 0.3 is 17.9 Å². The highest BCUT2D eigenvalue weighted by molar-refractivity contribution is 5.71. The predicted octanol–water partition coefficient (Wildman–Crippen LogP) is 18.4. The Morgan fingerprint density at radius 2 is 0.638 bits per heavy atom. The maximum atomic E-state index is 12.8. The third kappa shape index (κ3) is 54.1. The van der Waals surface area contributed by atoms with Crippen molar-refractivity contribution in [1.82, 2.24) is 0 Å². The second-order valence-corrected chi connectivity index (χ2v) is 17.5. The molecular weight excluding hydrogens is 853 g/mol. The molecule has 6 heteroatoms. The first kappa shape index (κ1) is 64.3. The van der Waals surface area contributed by atoms with Gasteiger partial charge in [-0.25, -0.2) is 0 Å². The van der Waals surface area contributed by atoms with E-state index in [-0.39, 0.29) is 44.4 Å². The second kappa shape index (κ2) is 55.9. The summed E-state index contributed by atoms with van der Waals surface area (Å²) in [7, 11) is 0. The monoisotopic (exact) mass is 951 g/mol. The Balaban J connectivity index is 4.66. The fourth-order valence-electron chi connectivity index (χ4n) is 6.86. The zero-order valence-electron chi connectivity index (χ0n) is 44.0. The summed E-state index contributed by atoms with van der Waals surface area (Å²) in [5, 5.41) is 0. The summed E-state index contributed by atoms with van der Waals surface area (Å²) in [5.74, 6) is -1.10. The third-order valence-electron chi connectivity index (χ3n) is 11.0. The molecule has 0 heterocycles. The SMILES string of the molecule is CC\C=C/C=C\C=C/C=C\C=C\C=C/CCCCCC(=O)OCC(COC(=O)CCC/C=C\C/C=C\C/C=C\CCCCCCCC)OC(=O)CCC/C=C\C/C=C\C/C=C\CCCCCCCC. The Bertz CT molecular complexity index is 1560. The van der Waals surface area contributed by atoms with Crippen molar-refractivity contribution < 1.29 is 28.6 Å². The summed E-state index contributed by atoms with van der Waals surface area (Å²) in [4.78, 5) is 38.1. The standard InChI is InChI=1S/C63H98O6/c1-4-7-10-13-16-19-22-25-28-31-34-37-40-43-46-49-52-55-61(64)67-58-60(69-63(66)57-54-51-48-45-42-39-36-33-30-27-24-21-18-15-12-9-6-3)59-68-62(65)56-53-50-47-44-41-38-35-32-29-26-23-20-17-14-11-8-5-2/h7,10,13,16,19,22,25-31,34-40,44-45,47-48,60H,4-6,8-9,11-12,14-15,17-18,20-21,23-24,32-33,41-43,46,49-59H2,1-3H3/b10-7-,16-13-,22-19-,28-25-,29-26-,30-27-,34-31+,38-35-,39-36-,40-37-,47-44-,48-45-. The van der Waals surface area contributed by atoms with Crippen molar-refractivity contribution >= 4 is 17.9 Å². The number of rotatable bonds is 47. The molecule has 0 spiro atoms. The largest absolute Gasteiger partial charge is 0.462 e. The van der Waals surface area contributed by atoms with Crippen LogP contribution in [0.1, 0.15) is 213 Å². The summed E-state index contributed by atoms with van der Waals surface area (Å²) in [6, 6.07) is 0. The highest BCUT2D eigenvalue weighted by Gasteiger charge is 2.19. The minimum absolute atomic E-state index is 0.143. The van der Waals surface area contributed by atoms with E-state index in [4.69, 9.17) is 14.2 Å². The Morgan fingerprint density at radius 3 is 1.07 bits per heavy atom. The van der Waals surface area contributed by atoms with E-state index < -0.39 is 12.1 Å². The Morgan fingerprint density at radius 1 is 0.319 bits per heavy atom. The van der Waals surface area contributed by atoms with E-state index in [0.29, 0.717) is 19.3 Å². The van der Waals surface area contributed by atoms with E-state index in [2.05, 4.69) is 106 Å². The van der Waals surface area contributed by atoms with Gasteiger partial charge in [0, 0.05) is 19.3 Å². The Labute approximate surface area is 423 Å². The van der Waals surface area contributed by atoms with Crippen LogP contribution in [-0.4, -0.2) is 37.2 Å². The Hall–Kier alpha value is -4.71. The van der Waals surface area contributed by atoms with Crippen molar-refractivity contribution in [3.63, 3.8) is 0 Å². The van der Waals surface area contributed by atoms with Gasteiger partial charge in [-0.15, -0.1) is 0 Å². The van der Waals surface area contributed by atoms with Gasteiger partial charge in [0.15, 0.2) is 6.10 Å². The van der Waals surface area contributed by atoms with Crippen LogP contribution in [0.25, 0.3) is 0 Å². The van der Waals surface area contributed by atoms with Crippen molar-refractivity contribution in [2.24, 2.45) is 0 Å². The summed E-state index contributed by atoms with van der Waals surface area (Å²) in [6.45, 7) is 6.34. The van der Waals surface area contributed by atoms with Gasteiger partial charge in [0.25, 0.3) is 0 Å². The van der Waals surface area contributed by atoms with E-state index in [1.165, 1.54) is 89.9 Å². The molecule has 0 saturated heterocycles. The number of hydrogen-bond acceptors (Lipinski definition) is 6. The van der Waals surface area contributed by atoms with Crippen LogP contribution in [0.5, 0.6) is 0 Å². The molecule has 0 aliphatic rings. The maximum Gasteiger partial charge on any atom is 0.306 e. The predicted molar refractivity (Wildman–Crippen MR) is 297 cm³/mol. The van der Waals surface area contributed by atoms with Crippen molar-refractivity contribution in [2.75, 3.05) is 13.2 Å². The average Bonchev–Trinajstić information content (AvgIpc) is 3.35. The molecule has 0 aromatic carbocycles. The van der Waals surface area contributed by atoms with Crippen LogP contribution in [0.2, 0.25) is 0 Å². The van der Waals surface area contributed by atoms with Gasteiger partial charge in [-0.3, -0.25) is 14.4 Å². The van der Waals surface area contributed by atoms with Gasteiger partial charge in [0.2, 0.25) is 0 Å². The van der Waals surface area contributed by atoms with Gasteiger partial charge in [0.1, 0.15) is 13.2 Å². The normalized spacial score (nSPS) is 13.3. The van der Waals surface area contributed by atoms with Gasteiger partial charge in [0.05, 0.1) is 0 Å². The van der Waals surface area contributed by atoms with E-state index >= 15 is 0 Å². The first-order valence-electron chi connectivity index (χ1n) is 27.4. The molecule has 0 aliphatic heterocycles. The maximum absolute atomic E-state index is 12.8. The second-order valence-electron chi connectivity index (χ2n) is 17.5. The summed E-state index contributed by atoms with van der Waals surface area (Å²) in [6.07, 6.45) is 79.8. The summed E-state index contributed by atoms with van der Waals surface area (Å²) < 4.78 is 16.7. The van der Waals surface area contributed by atoms with Gasteiger partial charge in [-0.1, -0.05) is 237 Å². The molecule has 0 saturated carbocycles. The molecule has 1 atom stereocenters. The molecule has 0 rings (SSSR count). The molecule has 0 aromatic heterocycles. The van der Waals surface area contributed by atoms with Crippen LogP contribution in [0.3, 0.4) is 0 Å². The lowest BCUT2D eigenvalue weighted by Gasteiger charge is -2.18. The molecule has 0 N–H and O–H groups in total. The molecule has 1 unspecified atom stereocenters. The van der Waals surface area contributed by atoms with Crippen LogP contribution in [0.4, 0.5) is 0 Å². The highest BCUT2D eigenvalue weighted by atomic mass is 16.6. The number of esters is 3. The number of hydrogen-bond donors (Lipinski definition) is 0. The number of ether oxygens (including phenoxy) is 3. The molecule has 0 amide bonds. The van der Waals surface area contributed by atoms with Crippen molar-refractivity contribution in [2.45, 2.75) is 219 Å². The van der Waals surface area contributed by atoms with Crippen LogP contribution in [0, 0.1) is 0 Å². The zero-order chi connectivity index (χ0) is 50.0. The molecule has 386 valence electrons. The third-order valence-corrected chi connectivity index (χ3v) is 11.0. The van der Waals surface area contributed by atoms with Gasteiger partial charge in [-0.2, -0.15) is 0 Å². The van der Waals surface area contributed by atoms with Gasteiger partial charge < -0.3 is 14.2 Å². The summed E-state index contributed by atoms with van der Waals surface area (Å²) in [5.41, 5.74) is 0. The first-order valence-corrected chi connectivity index (χ1v) is 27.4. The minimum atomic E-state index is -0.850. The smallest absolute Gasteiger partial charge is 0.306 e. The highest BCUT2D eigenvalue weighted by Crippen LogP contribution is 2.11. The number of allylic oxidation sites excluding steroid dienone is 24. The fourth-order valence-corrected chi connectivity index (χ4v) is 6.86. The molecule has 69 heavy (non-hydrogen) atoms. The van der Waals surface area contributed by atoms with E-state index in [9.17, 15) is 14.4 Å². The molecular formula is C63H98O6. The van der Waals surface area contributed by atoms with Crippen LogP contribution in [-0.2, 0) is 28.6 Å². The molecule has 0 aromatic rings. The lowest BCUT2D eigenvalue weighted by molar-refractivity contribution is -0.167. The number of unbranched alkanes of at least 4 members (excludes halogenated alkanes) is 17. The van der Waals surface area contributed by atoms with E-state index in [1.54, 1.807) is 0 Å². The number of carbonyl (C=O) groups is 3. The van der Waals surface area contributed by atoms with Crippen molar-refractivity contribution in [3.05, 3.63) is 146 Å². The average molecular weight is 951 g/mol. The molecule has 0 fully saturated rings. The van der Waals surface area contributed by atoms with Crippen molar-refractivity contribution in [3.8, 4) is 0 Å². The quantitative estimate of drug-likeness (QED) is 0.0199. The van der Waals surface area contributed by atoms with Crippen molar-refractivity contribution in [1.29, 1.82) is 0 Å². The van der Waals surface area contributed by atoms with Crippen LogP contribution >= 0.6 is 0 Å². The van der Waals surface area contributed by atoms with Crippen LogP contribution < -0.4 is 0 Å². The summed E-state index contributed by atoms with van der Waals surface area (Å²) >= 11 is 0. The topological polar surface area (TPSA) is 78.9 Å². The van der Waals surface area contributed by atoms with Crippen LogP contribution in [0.15, 0.2) is 146 Å². The lowest BCUT2D eigenvalue weighted by Crippen LogP contribution is -2.30. The zero-order valence-corrected chi connectivity index (χ0v) is 44.0. The molecule has 0 radical (unpaired) electrons. The first-order chi connectivity index (χ1) is 34.0. The van der Waals surface area contributed by atoms with E-state index in [0.717, 1.165) is 64.2 Å². The van der Waals surface area contributed by atoms with E-state index in [1.807, 2.05) is 60.8 Å². The lowest BCUT2D eigenvalue weighted by atomic mass is 10.1. The van der Waals surface area contributed by atoms with Gasteiger partial charge in [-0.05, 0) is 103 Å². The number of carbonyl (C=O) groups excluding carboxylic acids is 3. The minimum Gasteiger partial charge on any atom is -0.462 e. The fraction of sp³-hybridized carbons (Fsp3) is 0.571.